The number of para-hydroxylation sites is 1. The molecule has 0 aliphatic carbocycles. The summed E-state index contributed by atoms with van der Waals surface area (Å²) in [5.74, 6) is -0.442. The normalized spacial score (nSPS) is 10.1. The van der Waals surface area contributed by atoms with E-state index in [-0.39, 0.29) is 0 Å². The van der Waals surface area contributed by atoms with Gasteiger partial charge in [0.05, 0.1) is 12.8 Å². The second-order valence-corrected chi connectivity index (χ2v) is 5.82. The van der Waals surface area contributed by atoms with Crippen LogP contribution in [0.25, 0.3) is 0 Å². The van der Waals surface area contributed by atoms with Crippen LogP contribution in [-0.2, 0) is 16.1 Å². The van der Waals surface area contributed by atoms with Crippen LogP contribution in [-0.4, -0.2) is 13.1 Å². The summed E-state index contributed by atoms with van der Waals surface area (Å²) >= 11 is 3.53. The second-order valence-electron chi connectivity index (χ2n) is 4.96. The third-order valence-corrected chi connectivity index (χ3v) is 4.02. The predicted octanol–water partition coefficient (Wildman–Crippen LogP) is 4.45. The summed E-state index contributed by atoms with van der Waals surface area (Å²) in [6, 6.07) is 15.9. The quantitative estimate of drug-likeness (QED) is 0.583. The molecule has 114 valence electrons. The van der Waals surface area contributed by atoms with Crippen molar-refractivity contribution in [1.29, 1.82) is 0 Å². The summed E-state index contributed by atoms with van der Waals surface area (Å²) in [6.45, 7) is 6.47. The van der Waals surface area contributed by atoms with Crippen molar-refractivity contribution >= 4 is 27.6 Å². The molecule has 22 heavy (non-hydrogen) atoms. The molecule has 2 aromatic rings. The van der Waals surface area contributed by atoms with Crippen LogP contribution in [0.15, 0.2) is 65.3 Å². The van der Waals surface area contributed by atoms with Gasteiger partial charge in [0.15, 0.2) is 0 Å². The fourth-order valence-corrected chi connectivity index (χ4v) is 2.60. The molecule has 3 nitrogen and oxygen atoms in total. The van der Waals surface area contributed by atoms with Gasteiger partial charge in [0, 0.05) is 11.0 Å². The van der Waals surface area contributed by atoms with Crippen LogP contribution in [0.2, 0.25) is 0 Å². The van der Waals surface area contributed by atoms with Crippen molar-refractivity contribution in [3.8, 4) is 0 Å². The molecule has 0 bridgehead atoms. The first-order valence-electron chi connectivity index (χ1n) is 6.87. The summed E-state index contributed by atoms with van der Waals surface area (Å²) in [4.78, 5) is 13.8. The summed E-state index contributed by atoms with van der Waals surface area (Å²) < 4.78 is 5.71. The lowest BCUT2D eigenvalue weighted by Crippen LogP contribution is -2.27. The van der Waals surface area contributed by atoms with Gasteiger partial charge < -0.3 is 9.64 Å². The number of esters is 1. The molecule has 0 atom stereocenters. The van der Waals surface area contributed by atoms with Crippen molar-refractivity contribution in [1.82, 2.24) is 0 Å². The number of rotatable bonds is 5. The number of methoxy groups -OCH3 is 1. The summed E-state index contributed by atoms with van der Waals surface area (Å²) in [5.41, 5.74) is 3.46. The molecule has 0 unspecified atom stereocenters. The van der Waals surface area contributed by atoms with Gasteiger partial charge in [-0.05, 0) is 40.5 Å². The summed E-state index contributed by atoms with van der Waals surface area (Å²) in [6.07, 6.45) is 0. The number of benzene rings is 2. The van der Waals surface area contributed by atoms with E-state index < -0.39 is 5.97 Å². The van der Waals surface area contributed by atoms with E-state index in [1.807, 2.05) is 48.2 Å². The minimum atomic E-state index is -0.442. The molecule has 0 N–H and O–H groups in total. The monoisotopic (exact) mass is 359 g/mol. The smallest absolute Gasteiger partial charge is 0.354 e. The van der Waals surface area contributed by atoms with Gasteiger partial charge in [-0.25, -0.2) is 4.79 Å². The van der Waals surface area contributed by atoms with E-state index >= 15 is 0 Å². The number of carbonyl (C=O) groups excluding carboxylic acids is 1. The second kappa shape index (κ2) is 7.27. The summed E-state index contributed by atoms with van der Waals surface area (Å²) in [7, 11) is 1.36. The summed E-state index contributed by atoms with van der Waals surface area (Å²) in [5, 5.41) is 0. The fraction of sp³-hybridized carbons (Fsp3) is 0.167. The van der Waals surface area contributed by atoms with Gasteiger partial charge in [0.1, 0.15) is 5.70 Å². The molecule has 0 heterocycles. The lowest BCUT2D eigenvalue weighted by atomic mass is 10.1. The van der Waals surface area contributed by atoms with Gasteiger partial charge in [-0.15, -0.1) is 0 Å². The van der Waals surface area contributed by atoms with Gasteiger partial charge in [0.2, 0.25) is 0 Å². The van der Waals surface area contributed by atoms with Crippen LogP contribution < -0.4 is 4.90 Å². The van der Waals surface area contributed by atoms with E-state index in [0.29, 0.717) is 12.2 Å². The molecule has 2 rings (SSSR count). The van der Waals surface area contributed by atoms with Crippen molar-refractivity contribution in [2.75, 3.05) is 12.0 Å². The highest BCUT2D eigenvalue weighted by molar-refractivity contribution is 9.10. The number of hydrogen-bond donors (Lipinski definition) is 0. The SMILES string of the molecule is C=C(C(=O)OC)N(Cc1ccc(C)cc1)c1ccccc1Br. The molecule has 0 spiro atoms. The molecule has 0 aliphatic heterocycles. The first kappa shape index (κ1) is 16.3. The molecule has 0 amide bonds. The Morgan fingerprint density at radius 3 is 2.41 bits per heavy atom. The number of nitrogens with zero attached hydrogens (tertiary/aromatic N) is 1. The van der Waals surface area contributed by atoms with E-state index in [2.05, 4.69) is 34.6 Å². The molecular weight excluding hydrogens is 342 g/mol. The van der Waals surface area contributed by atoms with Crippen LogP contribution in [0.1, 0.15) is 11.1 Å². The number of aryl methyl sites for hydroxylation is 1. The Balaban J connectivity index is 2.37. The number of anilines is 1. The lowest BCUT2D eigenvalue weighted by molar-refractivity contribution is -0.136. The standard InChI is InChI=1S/C18H18BrNO2/c1-13-8-10-15(11-9-13)12-20(14(2)18(21)22-3)17-7-5-4-6-16(17)19/h4-11H,2,12H2,1,3H3. The zero-order valence-electron chi connectivity index (χ0n) is 12.7. The molecule has 2 aromatic carbocycles. The third-order valence-electron chi connectivity index (χ3n) is 3.35. The maximum absolute atomic E-state index is 11.9. The maximum atomic E-state index is 11.9. The fourth-order valence-electron chi connectivity index (χ4n) is 2.10. The van der Waals surface area contributed by atoms with E-state index in [0.717, 1.165) is 15.7 Å². The molecule has 4 heteroatoms. The van der Waals surface area contributed by atoms with Gasteiger partial charge in [-0.1, -0.05) is 48.5 Å². The van der Waals surface area contributed by atoms with Crippen molar-refractivity contribution in [2.24, 2.45) is 0 Å². The topological polar surface area (TPSA) is 29.5 Å². The Hall–Kier alpha value is -2.07. The number of carbonyl (C=O) groups is 1. The highest BCUT2D eigenvalue weighted by Crippen LogP contribution is 2.30. The Bertz CT molecular complexity index is 680. The van der Waals surface area contributed by atoms with E-state index in [4.69, 9.17) is 4.74 Å². The molecular formula is C18H18BrNO2. The minimum Gasteiger partial charge on any atom is -0.464 e. The zero-order chi connectivity index (χ0) is 16.1. The molecule has 0 saturated heterocycles. The van der Waals surface area contributed by atoms with Gasteiger partial charge >= 0.3 is 5.97 Å². The number of halogens is 1. The van der Waals surface area contributed by atoms with Crippen LogP contribution in [0.3, 0.4) is 0 Å². The van der Waals surface area contributed by atoms with Gasteiger partial charge in [-0.3, -0.25) is 0 Å². The van der Waals surface area contributed by atoms with Crippen molar-refractivity contribution in [3.63, 3.8) is 0 Å². The van der Waals surface area contributed by atoms with E-state index in [1.165, 1.54) is 12.7 Å². The van der Waals surface area contributed by atoms with Gasteiger partial charge in [0.25, 0.3) is 0 Å². The molecule has 0 aliphatic rings. The van der Waals surface area contributed by atoms with Crippen LogP contribution in [0.5, 0.6) is 0 Å². The van der Waals surface area contributed by atoms with Crippen molar-refractivity contribution in [3.05, 3.63) is 76.4 Å². The largest absolute Gasteiger partial charge is 0.464 e. The number of ether oxygens (including phenoxy) is 1. The zero-order valence-corrected chi connectivity index (χ0v) is 14.3. The highest BCUT2D eigenvalue weighted by atomic mass is 79.9. The Morgan fingerprint density at radius 1 is 1.18 bits per heavy atom. The Labute approximate surface area is 139 Å². The van der Waals surface area contributed by atoms with E-state index in [9.17, 15) is 4.79 Å². The average molecular weight is 360 g/mol. The van der Waals surface area contributed by atoms with Crippen LogP contribution in [0.4, 0.5) is 5.69 Å². The van der Waals surface area contributed by atoms with Crippen LogP contribution >= 0.6 is 15.9 Å². The van der Waals surface area contributed by atoms with Crippen LogP contribution in [0, 0.1) is 6.92 Å². The predicted molar refractivity (Wildman–Crippen MR) is 92.7 cm³/mol. The van der Waals surface area contributed by atoms with Gasteiger partial charge in [-0.2, -0.15) is 0 Å². The highest BCUT2D eigenvalue weighted by Gasteiger charge is 2.19. The first-order valence-corrected chi connectivity index (χ1v) is 7.67. The lowest BCUT2D eigenvalue weighted by Gasteiger charge is -2.26. The maximum Gasteiger partial charge on any atom is 0.354 e. The Morgan fingerprint density at radius 2 is 1.82 bits per heavy atom. The molecule has 0 saturated carbocycles. The molecule has 0 aromatic heterocycles. The van der Waals surface area contributed by atoms with E-state index in [1.54, 1.807) is 0 Å². The Kier molecular flexibility index (Phi) is 5.39. The number of hydrogen-bond acceptors (Lipinski definition) is 3. The molecule has 0 radical (unpaired) electrons. The third kappa shape index (κ3) is 3.77. The van der Waals surface area contributed by atoms with Crippen molar-refractivity contribution in [2.45, 2.75) is 13.5 Å². The average Bonchev–Trinajstić information content (AvgIpc) is 2.54. The minimum absolute atomic E-state index is 0.301. The molecule has 0 fully saturated rings. The first-order chi connectivity index (χ1) is 10.5. The van der Waals surface area contributed by atoms with Crippen molar-refractivity contribution < 1.29 is 9.53 Å².